The maximum absolute atomic E-state index is 12.6. The highest BCUT2D eigenvalue weighted by atomic mass is 32.2. The third-order valence-electron chi connectivity index (χ3n) is 4.30. The van der Waals surface area contributed by atoms with Crippen LogP contribution < -0.4 is 10.5 Å². The number of carbonyl (C=O) groups excluding carboxylic acids is 1. The number of anilines is 1. The Hall–Kier alpha value is -2.78. The predicted molar refractivity (Wildman–Crippen MR) is 107 cm³/mol. The summed E-state index contributed by atoms with van der Waals surface area (Å²) >= 11 is 0. The zero-order valence-corrected chi connectivity index (χ0v) is 17.6. The van der Waals surface area contributed by atoms with E-state index >= 15 is 0 Å². The average molecular weight is 437 g/mol. The van der Waals surface area contributed by atoms with Gasteiger partial charge < -0.3 is 5.32 Å². The first kappa shape index (κ1) is 22.5. The molecule has 0 aliphatic rings. The fourth-order valence-electron chi connectivity index (χ4n) is 2.48. The predicted octanol–water partition coefficient (Wildman–Crippen LogP) is 1.08. The molecule has 2 rings (SSSR count). The molecule has 2 aromatic rings. The molecule has 3 N–H and O–H groups in total. The lowest BCUT2D eigenvalue weighted by Gasteiger charge is -2.18. The highest BCUT2D eigenvalue weighted by Gasteiger charge is 2.23. The standard InChI is InChI=1S/C18H20N4O5S2/c1-12-8-16(28(20,24)25)9-17(13(12)2)21-18(23)11-22(3)29(26,27)15-6-4-14(10-19)5-7-15/h4-9H,11H2,1-3H3,(H,21,23)(H2,20,24,25). The van der Waals surface area contributed by atoms with E-state index in [1.165, 1.54) is 43.4 Å². The van der Waals surface area contributed by atoms with Crippen LogP contribution >= 0.6 is 0 Å². The zero-order chi connectivity index (χ0) is 22.0. The first-order valence-corrected chi connectivity index (χ1v) is 11.3. The Labute approximate surface area is 169 Å². The molecule has 0 heterocycles. The van der Waals surface area contributed by atoms with E-state index in [1.54, 1.807) is 13.8 Å². The SMILES string of the molecule is Cc1cc(S(N)(=O)=O)cc(NC(=O)CN(C)S(=O)(=O)c2ccc(C#N)cc2)c1C. The number of nitriles is 1. The largest absolute Gasteiger partial charge is 0.325 e. The molecular weight excluding hydrogens is 416 g/mol. The number of likely N-dealkylation sites (N-methyl/N-ethyl adjacent to an activating group) is 1. The van der Waals surface area contributed by atoms with E-state index in [2.05, 4.69) is 5.32 Å². The summed E-state index contributed by atoms with van der Waals surface area (Å²) in [5.41, 5.74) is 1.77. The molecule has 1 amide bonds. The number of benzene rings is 2. The van der Waals surface area contributed by atoms with Gasteiger partial charge in [-0.15, -0.1) is 0 Å². The second-order valence-electron chi connectivity index (χ2n) is 6.40. The maximum atomic E-state index is 12.6. The molecule has 2 aromatic carbocycles. The summed E-state index contributed by atoms with van der Waals surface area (Å²) in [4.78, 5) is 12.2. The Kier molecular flexibility index (Phi) is 6.44. The Balaban J connectivity index is 2.22. The lowest BCUT2D eigenvalue weighted by molar-refractivity contribution is -0.116. The molecule has 0 unspecified atom stereocenters. The number of nitrogens with two attached hydrogens (primary N) is 1. The normalized spacial score (nSPS) is 11.9. The van der Waals surface area contributed by atoms with E-state index in [0.29, 0.717) is 16.7 Å². The van der Waals surface area contributed by atoms with Crippen molar-refractivity contribution in [2.75, 3.05) is 18.9 Å². The Morgan fingerprint density at radius 1 is 1.10 bits per heavy atom. The number of nitrogens with one attached hydrogen (secondary N) is 1. The molecule has 11 heteroatoms. The summed E-state index contributed by atoms with van der Waals surface area (Å²) in [5.74, 6) is -0.654. The van der Waals surface area contributed by atoms with Crippen molar-refractivity contribution in [1.82, 2.24) is 4.31 Å². The fourth-order valence-corrected chi connectivity index (χ4v) is 4.23. The van der Waals surface area contributed by atoms with Gasteiger partial charge in [0.2, 0.25) is 26.0 Å². The number of carbonyl (C=O) groups is 1. The molecule has 0 saturated carbocycles. The minimum absolute atomic E-state index is 0.0601. The first-order chi connectivity index (χ1) is 13.4. The molecule has 9 nitrogen and oxygen atoms in total. The topological polar surface area (TPSA) is 150 Å². The van der Waals surface area contributed by atoms with E-state index in [9.17, 15) is 21.6 Å². The molecule has 0 aliphatic heterocycles. The second-order valence-corrected chi connectivity index (χ2v) is 10.0. The quantitative estimate of drug-likeness (QED) is 0.692. The van der Waals surface area contributed by atoms with E-state index in [-0.39, 0.29) is 15.5 Å². The lowest BCUT2D eigenvalue weighted by atomic mass is 10.1. The van der Waals surface area contributed by atoms with Gasteiger partial charge in [0.15, 0.2) is 0 Å². The van der Waals surface area contributed by atoms with Crippen LogP contribution in [0.25, 0.3) is 0 Å². The van der Waals surface area contributed by atoms with Gasteiger partial charge >= 0.3 is 0 Å². The van der Waals surface area contributed by atoms with Gasteiger partial charge in [0.25, 0.3) is 0 Å². The molecular formula is C18H20N4O5S2. The maximum Gasteiger partial charge on any atom is 0.243 e. The van der Waals surface area contributed by atoms with Crippen LogP contribution in [0.1, 0.15) is 16.7 Å². The van der Waals surface area contributed by atoms with E-state index in [0.717, 1.165) is 4.31 Å². The molecule has 0 fully saturated rings. The summed E-state index contributed by atoms with van der Waals surface area (Å²) < 4.78 is 49.3. The van der Waals surface area contributed by atoms with Crippen LogP contribution in [-0.2, 0) is 24.8 Å². The summed E-state index contributed by atoms with van der Waals surface area (Å²) in [7, 11) is -6.68. The average Bonchev–Trinajstić information content (AvgIpc) is 2.64. The monoisotopic (exact) mass is 436 g/mol. The van der Waals surface area contributed by atoms with Crippen LogP contribution in [0.3, 0.4) is 0 Å². The van der Waals surface area contributed by atoms with E-state index in [1.807, 2.05) is 6.07 Å². The molecule has 0 spiro atoms. The fraction of sp³-hybridized carbons (Fsp3) is 0.222. The highest BCUT2D eigenvalue weighted by Crippen LogP contribution is 2.24. The van der Waals surface area contributed by atoms with Crippen LogP contribution in [0.5, 0.6) is 0 Å². The van der Waals surface area contributed by atoms with Gasteiger partial charge in [0, 0.05) is 12.7 Å². The zero-order valence-electron chi connectivity index (χ0n) is 16.0. The Morgan fingerprint density at radius 3 is 2.21 bits per heavy atom. The van der Waals surface area contributed by atoms with E-state index in [4.69, 9.17) is 10.4 Å². The molecule has 0 saturated heterocycles. The minimum atomic E-state index is -3.97. The van der Waals surface area contributed by atoms with Crippen molar-refractivity contribution in [3.05, 3.63) is 53.1 Å². The summed E-state index contributed by atoms with van der Waals surface area (Å²) in [6.45, 7) is 2.86. The molecule has 0 aliphatic carbocycles. The molecule has 154 valence electrons. The number of hydrogen-bond donors (Lipinski definition) is 2. The van der Waals surface area contributed by atoms with Crippen molar-refractivity contribution in [3.63, 3.8) is 0 Å². The van der Waals surface area contributed by atoms with E-state index < -0.39 is 32.5 Å². The van der Waals surface area contributed by atoms with Crippen molar-refractivity contribution in [2.24, 2.45) is 5.14 Å². The second kappa shape index (κ2) is 8.30. The molecule has 0 bridgehead atoms. The summed E-state index contributed by atoms with van der Waals surface area (Å²) in [5, 5.41) is 16.5. The first-order valence-electron chi connectivity index (χ1n) is 8.26. The summed E-state index contributed by atoms with van der Waals surface area (Å²) in [6, 6.07) is 9.81. The number of sulfonamides is 2. The van der Waals surface area contributed by atoms with Gasteiger partial charge in [-0.3, -0.25) is 4.79 Å². The van der Waals surface area contributed by atoms with Crippen molar-refractivity contribution >= 4 is 31.6 Å². The lowest BCUT2D eigenvalue weighted by Crippen LogP contribution is -2.35. The summed E-state index contributed by atoms with van der Waals surface area (Å²) in [6.07, 6.45) is 0. The van der Waals surface area contributed by atoms with Crippen molar-refractivity contribution in [3.8, 4) is 6.07 Å². The van der Waals surface area contributed by atoms with Crippen LogP contribution in [0.15, 0.2) is 46.2 Å². The number of amides is 1. The van der Waals surface area contributed by atoms with Crippen LogP contribution in [0.2, 0.25) is 0 Å². The number of nitrogens with zero attached hydrogens (tertiary/aromatic N) is 2. The van der Waals surface area contributed by atoms with Crippen molar-refractivity contribution in [2.45, 2.75) is 23.6 Å². The molecule has 0 radical (unpaired) electrons. The van der Waals surface area contributed by atoms with Crippen molar-refractivity contribution < 1.29 is 21.6 Å². The smallest absolute Gasteiger partial charge is 0.243 e. The van der Waals surface area contributed by atoms with Crippen LogP contribution in [0.4, 0.5) is 5.69 Å². The van der Waals surface area contributed by atoms with Gasteiger partial charge in [-0.25, -0.2) is 22.0 Å². The molecule has 29 heavy (non-hydrogen) atoms. The highest BCUT2D eigenvalue weighted by molar-refractivity contribution is 7.89. The van der Waals surface area contributed by atoms with Gasteiger partial charge in [0.1, 0.15) is 0 Å². The minimum Gasteiger partial charge on any atom is -0.325 e. The third kappa shape index (κ3) is 5.18. The Morgan fingerprint density at radius 2 is 1.69 bits per heavy atom. The molecule has 0 atom stereocenters. The number of hydrogen-bond acceptors (Lipinski definition) is 6. The van der Waals surface area contributed by atoms with Crippen molar-refractivity contribution in [1.29, 1.82) is 5.26 Å². The van der Waals surface area contributed by atoms with Crippen LogP contribution in [-0.4, -0.2) is 40.6 Å². The van der Waals surface area contributed by atoms with Crippen LogP contribution in [0, 0.1) is 25.2 Å². The van der Waals surface area contributed by atoms with Gasteiger partial charge in [0.05, 0.1) is 28.0 Å². The number of primary sulfonamides is 1. The number of rotatable bonds is 6. The van der Waals surface area contributed by atoms with Gasteiger partial charge in [-0.2, -0.15) is 9.57 Å². The molecule has 0 aromatic heterocycles. The van der Waals surface area contributed by atoms with Gasteiger partial charge in [-0.1, -0.05) is 0 Å². The van der Waals surface area contributed by atoms with Gasteiger partial charge in [-0.05, 0) is 61.4 Å². The number of aryl methyl sites for hydroxylation is 1. The Bertz CT molecular complexity index is 1200. The third-order valence-corrected chi connectivity index (χ3v) is 7.01.